The number of rotatable bonds is 6. The van der Waals surface area contributed by atoms with Gasteiger partial charge in [-0.05, 0) is 36.4 Å². The highest BCUT2D eigenvalue weighted by atomic mass is 19.1. The molecule has 0 aromatic heterocycles. The van der Waals surface area contributed by atoms with Crippen LogP contribution in [0.4, 0.5) is 15.8 Å². The van der Waals surface area contributed by atoms with Crippen LogP contribution in [0.2, 0.25) is 0 Å². The van der Waals surface area contributed by atoms with Crippen LogP contribution in [0.3, 0.4) is 0 Å². The summed E-state index contributed by atoms with van der Waals surface area (Å²) in [5, 5.41) is 25.3. The van der Waals surface area contributed by atoms with Gasteiger partial charge in [-0.1, -0.05) is 0 Å². The minimum Gasteiger partial charge on any atom is -0.383 e. The fourth-order valence-electron chi connectivity index (χ4n) is 1.98. The first-order chi connectivity index (χ1) is 11.5. The molecule has 0 spiro atoms. The van der Waals surface area contributed by atoms with Gasteiger partial charge >= 0.3 is 0 Å². The Labute approximate surface area is 136 Å². The van der Waals surface area contributed by atoms with Gasteiger partial charge in [-0.25, -0.2) is 4.39 Å². The standard InChI is InChI=1S/C16H13FN4O3/c17-13-3-1-11(2-4-13)16(22)20-8-7-19-14-5-6-15(21(23)24)12(9-14)10-18/h1-6,9,19H,7-8H2,(H,20,22). The molecule has 0 saturated heterocycles. The number of anilines is 1. The van der Waals surface area contributed by atoms with E-state index in [0.29, 0.717) is 17.8 Å². The van der Waals surface area contributed by atoms with Gasteiger partial charge in [-0.15, -0.1) is 0 Å². The van der Waals surface area contributed by atoms with E-state index in [-0.39, 0.29) is 23.7 Å². The quantitative estimate of drug-likeness (QED) is 0.481. The zero-order chi connectivity index (χ0) is 17.5. The monoisotopic (exact) mass is 328 g/mol. The molecule has 2 aromatic carbocycles. The minimum atomic E-state index is -0.620. The molecule has 0 unspecified atom stereocenters. The van der Waals surface area contributed by atoms with Crippen LogP contribution in [0.1, 0.15) is 15.9 Å². The summed E-state index contributed by atoms with van der Waals surface area (Å²) >= 11 is 0. The maximum atomic E-state index is 12.8. The highest BCUT2D eigenvalue weighted by Gasteiger charge is 2.13. The lowest BCUT2D eigenvalue weighted by atomic mass is 10.1. The molecule has 8 heteroatoms. The second-order valence-electron chi connectivity index (χ2n) is 4.79. The maximum absolute atomic E-state index is 12.8. The van der Waals surface area contributed by atoms with Crippen molar-refractivity contribution in [1.82, 2.24) is 5.32 Å². The lowest BCUT2D eigenvalue weighted by molar-refractivity contribution is -0.385. The van der Waals surface area contributed by atoms with E-state index in [4.69, 9.17) is 5.26 Å². The number of nitro benzene ring substituents is 1. The highest BCUT2D eigenvalue weighted by molar-refractivity contribution is 5.94. The van der Waals surface area contributed by atoms with Crippen LogP contribution in [-0.2, 0) is 0 Å². The lowest BCUT2D eigenvalue weighted by Gasteiger charge is -2.08. The first-order valence-corrected chi connectivity index (χ1v) is 6.97. The molecule has 2 aromatic rings. The van der Waals surface area contributed by atoms with Crippen molar-refractivity contribution in [2.45, 2.75) is 0 Å². The van der Waals surface area contributed by atoms with Crippen LogP contribution in [0.25, 0.3) is 0 Å². The molecule has 0 atom stereocenters. The Hall–Kier alpha value is -3.47. The largest absolute Gasteiger partial charge is 0.383 e. The molecule has 0 saturated carbocycles. The van der Waals surface area contributed by atoms with E-state index in [1.54, 1.807) is 6.07 Å². The lowest BCUT2D eigenvalue weighted by Crippen LogP contribution is -2.28. The molecular weight excluding hydrogens is 315 g/mol. The zero-order valence-corrected chi connectivity index (χ0v) is 12.5. The molecule has 2 rings (SSSR count). The number of hydrogen-bond donors (Lipinski definition) is 2. The van der Waals surface area contributed by atoms with Crippen molar-refractivity contribution >= 4 is 17.3 Å². The molecule has 0 aliphatic heterocycles. The molecule has 2 N–H and O–H groups in total. The molecule has 0 bridgehead atoms. The summed E-state index contributed by atoms with van der Waals surface area (Å²) in [6.45, 7) is 0.644. The molecule has 0 aliphatic carbocycles. The Morgan fingerprint density at radius 1 is 1.21 bits per heavy atom. The summed E-state index contributed by atoms with van der Waals surface area (Å²) in [5.41, 5.74) is 0.583. The van der Waals surface area contributed by atoms with Gasteiger partial charge < -0.3 is 10.6 Å². The van der Waals surface area contributed by atoms with Crippen molar-refractivity contribution in [3.63, 3.8) is 0 Å². The molecule has 1 amide bonds. The van der Waals surface area contributed by atoms with Crippen LogP contribution in [0.15, 0.2) is 42.5 Å². The molecular formula is C16H13FN4O3. The first kappa shape index (κ1) is 16.9. The summed E-state index contributed by atoms with van der Waals surface area (Å²) in [7, 11) is 0. The predicted octanol–water partition coefficient (Wildman–Crippen LogP) is 2.45. The third kappa shape index (κ3) is 4.27. The topological polar surface area (TPSA) is 108 Å². The van der Waals surface area contributed by atoms with E-state index >= 15 is 0 Å². The van der Waals surface area contributed by atoms with Gasteiger partial charge in [-0.2, -0.15) is 5.26 Å². The molecule has 24 heavy (non-hydrogen) atoms. The summed E-state index contributed by atoms with van der Waals surface area (Å²) < 4.78 is 12.8. The Kier molecular flexibility index (Phi) is 5.41. The SMILES string of the molecule is N#Cc1cc(NCCNC(=O)c2ccc(F)cc2)ccc1[N+](=O)[O-]. The number of hydrogen-bond acceptors (Lipinski definition) is 5. The van der Waals surface area contributed by atoms with Gasteiger partial charge in [0, 0.05) is 30.4 Å². The number of nitro groups is 1. The van der Waals surface area contributed by atoms with Gasteiger partial charge in [0.15, 0.2) is 0 Å². The Bertz CT molecular complexity index is 800. The van der Waals surface area contributed by atoms with Crippen LogP contribution < -0.4 is 10.6 Å². The number of halogens is 1. The fourth-order valence-corrected chi connectivity index (χ4v) is 1.98. The second-order valence-corrected chi connectivity index (χ2v) is 4.79. The van der Waals surface area contributed by atoms with Crippen molar-refractivity contribution in [1.29, 1.82) is 5.26 Å². The van der Waals surface area contributed by atoms with E-state index in [9.17, 15) is 19.3 Å². The summed E-state index contributed by atoms with van der Waals surface area (Å²) in [6.07, 6.45) is 0. The summed E-state index contributed by atoms with van der Waals surface area (Å²) in [4.78, 5) is 21.9. The van der Waals surface area contributed by atoms with Crippen molar-refractivity contribution in [3.8, 4) is 6.07 Å². The summed E-state index contributed by atoms with van der Waals surface area (Å²) in [6, 6.07) is 11.0. The predicted molar refractivity (Wildman–Crippen MR) is 85.0 cm³/mol. The van der Waals surface area contributed by atoms with Crippen molar-refractivity contribution in [2.24, 2.45) is 0 Å². The van der Waals surface area contributed by atoms with Crippen LogP contribution in [0, 0.1) is 27.3 Å². The van der Waals surface area contributed by atoms with Crippen LogP contribution in [0.5, 0.6) is 0 Å². The molecule has 7 nitrogen and oxygen atoms in total. The molecule has 0 fully saturated rings. The number of benzene rings is 2. The normalized spacial score (nSPS) is 9.83. The second kappa shape index (κ2) is 7.69. The third-order valence-electron chi connectivity index (χ3n) is 3.16. The zero-order valence-electron chi connectivity index (χ0n) is 12.5. The van der Waals surface area contributed by atoms with Crippen molar-refractivity contribution in [3.05, 3.63) is 69.5 Å². The van der Waals surface area contributed by atoms with E-state index in [1.807, 2.05) is 0 Å². The van der Waals surface area contributed by atoms with Gasteiger partial charge in [-0.3, -0.25) is 14.9 Å². The number of nitrogens with zero attached hydrogens (tertiary/aromatic N) is 2. The number of amides is 1. The van der Waals surface area contributed by atoms with Gasteiger partial charge in [0.2, 0.25) is 0 Å². The Morgan fingerprint density at radius 2 is 1.92 bits per heavy atom. The number of nitriles is 1. The fraction of sp³-hybridized carbons (Fsp3) is 0.125. The number of carbonyl (C=O) groups is 1. The highest BCUT2D eigenvalue weighted by Crippen LogP contribution is 2.21. The van der Waals surface area contributed by atoms with Crippen LogP contribution >= 0.6 is 0 Å². The Morgan fingerprint density at radius 3 is 2.54 bits per heavy atom. The number of nitrogens with one attached hydrogen (secondary N) is 2. The number of carbonyl (C=O) groups excluding carboxylic acids is 1. The van der Waals surface area contributed by atoms with E-state index in [0.717, 1.165) is 0 Å². The van der Waals surface area contributed by atoms with Crippen molar-refractivity contribution < 1.29 is 14.1 Å². The van der Waals surface area contributed by atoms with Crippen molar-refractivity contribution in [2.75, 3.05) is 18.4 Å². The van der Waals surface area contributed by atoms with Crippen LogP contribution in [-0.4, -0.2) is 23.9 Å². The third-order valence-corrected chi connectivity index (χ3v) is 3.16. The van der Waals surface area contributed by atoms with Gasteiger partial charge in [0.25, 0.3) is 11.6 Å². The van der Waals surface area contributed by atoms with E-state index in [2.05, 4.69) is 10.6 Å². The smallest absolute Gasteiger partial charge is 0.287 e. The van der Waals surface area contributed by atoms with E-state index < -0.39 is 10.7 Å². The molecule has 122 valence electrons. The average Bonchev–Trinajstić information content (AvgIpc) is 2.58. The summed E-state index contributed by atoms with van der Waals surface area (Å²) in [5.74, 6) is -0.752. The molecule has 0 radical (unpaired) electrons. The van der Waals surface area contributed by atoms with Gasteiger partial charge in [0.05, 0.1) is 4.92 Å². The molecule has 0 aliphatic rings. The van der Waals surface area contributed by atoms with E-state index in [1.165, 1.54) is 42.5 Å². The minimum absolute atomic E-state index is 0.0413. The first-order valence-electron chi connectivity index (χ1n) is 6.97. The maximum Gasteiger partial charge on any atom is 0.287 e. The molecule has 0 heterocycles. The van der Waals surface area contributed by atoms with Gasteiger partial charge in [0.1, 0.15) is 17.4 Å². The average molecular weight is 328 g/mol. The Balaban J connectivity index is 1.86.